The summed E-state index contributed by atoms with van der Waals surface area (Å²) >= 11 is 0. The Labute approximate surface area is 181 Å². The number of para-hydroxylation sites is 1. The third-order valence-electron chi connectivity index (χ3n) is 4.88. The molecule has 160 valence electrons. The normalized spacial score (nSPS) is 14.7. The molecule has 1 aromatic heterocycles. The van der Waals surface area contributed by atoms with Crippen LogP contribution in [0.2, 0.25) is 0 Å². The maximum absolute atomic E-state index is 13.8. The molecule has 1 aliphatic heterocycles. The highest BCUT2D eigenvalue weighted by molar-refractivity contribution is 5.94. The van der Waals surface area contributed by atoms with Crippen LogP contribution in [0.25, 0.3) is 0 Å². The highest BCUT2D eigenvalue weighted by atomic mass is 19.1. The molecule has 6 nitrogen and oxygen atoms in total. The molecule has 0 bridgehead atoms. The molecule has 1 amide bonds. The molecule has 0 saturated heterocycles. The molecule has 0 saturated carbocycles. The quantitative estimate of drug-likeness (QED) is 0.621. The minimum absolute atomic E-state index is 0.119. The Morgan fingerprint density at radius 2 is 1.97 bits per heavy atom. The zero-order chi connectivity index (χ0) is 22.4. The van der Waals surface area contributed by atoms with E-state index in [0.29, 0.717) is 19.7 Å². The number of hydrogen-bond donors (Lipinski definition) is 0. The summed E-state index contributed by atoms with van der Waals surface area (Å²) in [7, 11) is 0. The van der Waals surface area contributed by atoms with Gasteiger partial charge in [0.2, 0.25) is 0 Å². The van der Waals surface area contributed by atoms with E-state index < -0.39 is 5.82 Å². The first-order valence-corrected chi connectivity index (χ1v) is 10.3. The molecule has 0 aliphatic carbocycles. The van der Waals surface area contributed by atoms with Gasteiger partial charge in [-0.05, 0) is 43.3 Å². The zero-order valence-corrected chi connectivity index (χ0v) is 17.9. The molecule has 2 heterocycles. The van der Waals surface area contributed by atoms with Crippen molar-refractivity contribution in [3.05, 3.63) is 82.9 Å². The van der Waals surface area contributed by atoms with Crippen molar-refractivity contribution in [1.29, 1.82) is 5.26 Å². The third-order valence-corrected chi connectivity index (χ3v) is 4.88. The Morgan fingerprint density at radius 1 is 1.23 bits per heavy atom. The lowest BCUT2D eigenvalue weighted by molar-refractivity contribution is 0.0606. The van der Waals surface area contributed by atoms with Crippen LogP contribution in [0.1, 0.15) is 48.1 Å². The Morgan fingerprint density at radius 3 is 2.68 bits per heavy atom. The number of halogens is 1. The van der Waals surface area contributed by atoms with Gasteiger partial charge in [-0.1, -0.05) is 32.0 Å². The van der Waals surface area contributed by atoms with E-state index in [9.17, 15) is 9.18 Å². The second-order valence-corrected chi connectivity index (χ2v) is 7.03. The van der Waals surface area contributed by atoms with E-state index in [0.717, 1.165) is 23.2 Å². The Balaban J connectivity index is 0.00000132. The van der Waals surface area contributed by atoms with Crippen LogP contribution in [0, 0.1) is 17.1 Å². The summed E-state index contributed by atoms with van der Waals surface area (Å²) in [5.74, 6) is -0.131. The molecule has 1 unspecified atom stereocenters. The van der Waals surface area contributed by atoms with Gasteiger partial charge in [-0.15, -0.1) is 0 Å². The van der Waals surface area contributed by atoms with Crippen LogP contribution in [0.5, 0.6) is 5.75 Å². The van der Waals surface area contributed by atoms with Crippen LogP contribution in [0.3, 0.4) is 0 Å². The summed E-state index contributed by atoms with van der Waals surface area (Å²) in [5, 5.41) is 13.6. The van der Waals surface area contributed by atoms with Gasteiger partial charge in [0.1, 0.15) is 23.9 Å². The van der Waals surface area contributed by atoms with Crippen LogP contribution in [0.15, 0.2) is 54.6 Å². The van der Waals surface area contributed by atoms with E-state index in [2.05, 4.69) is 5.10 Å². The predicted molar refractivity (Wildman–Crippen MR) is 115 cm³/mol. The summed E-state index contributed by atoms with van der Waals surface area (Å²) in [4.78, 5) is 14.6. The molecule has 31 heavy (non-hydrogen) atoms. The highest BCUT2D eigenvalue weighted by Gasteiger charge is 2.29. The van der Waals surface area contributed by atoms with Gasteiger partial charge >= 0.3 is 0 Å². The summed E-state index contributed by atoms with van der Waals surface area (Å²) < 4.78 is 21.4. The minimum atomic E-state index is -0.595. The molecule has 4 rings (SSSR count). The third kappa shape index (κ3) is 5.10. The highest BCUT2D eigenvalue weighted by Crippen LogP contribution is 2.22. The fourth-order valence-corrected chi connectivity index (χ4v) is 3.44. The van der Waals surface area contributed by atoms with Crippen molar-refractivity contribution in [3.63, 3.8) is 0 Å². The van der Waals surface area contributed by atoms with E-state index in [1.165, 1.54) is 12.1 Å². The molecule has 1 aliphatic rings. The van der Waals surface area contributed by atoms with Gasteiger partial charge in [0.05, 0.1) is 30.4 Å². The molecule has 3 aromatic rings. The zero-order valence-electron chi connectivity index (χ0n) is 17.9. The number of amides is 1. The first-order valence-electron chi connectivity index (χ1n) is 10.3. The number of carbonyl (C=O) groups excluding carboxylic acids is 1. The van der Waals surface area contributed by atoms with Crippen LogP contribution in [-0.2, 0) is 19.7 Å². The Kier molecular flexibility index (Phi) is 7.03. The maximum atomic E-state index is 13.8. The number of carbonyl (C=O) groups is 1. The van der Waals surface area contributed by atoms with E-state index >= 15 is 0 Å². The molecule has 0 N–H and O–H groups in total. The van der Waals surface area contributed by atoms with Crippen LogP contribution < -0.4 is 4.74 Å². The monoisotopic (exact) mass is 420 g/mol. The second kappa shape index (κ2) is 9.90. The van der Waals surface area contributed by atoms with Gasteiger partial charge in [-0.3, -0.25) is 9.48 Å². The van der Waals surface area contributed by atoms with Crippen molar-refractivity contribution in [1.82, 2.24) is 14.7 Å². The molecule has 2 aromatic carbocycles. The number of nitriles is 1. The first kappa shape index (κ1) is 22.0. The van der Waals surface area contributed by atoms with E-state index in [1.807, 2.05) is 67.9 Å². The minimum Gasteiger partial charge on any atom is -0.487 e. The van der Waals surface area contributed by atoms with Crippen molar-refractivity contribution in [3.8, 4) is 11.8 Å². The predicted octanol–water partition coefficient (Wildman–Crippen LogP) is 4.54. The average Bonchev–Trinajstić information content (AvgIpc) is 3.19. The molecule has 0 fully saturated rings. The van der Waals surface area contributed by atoms with E-state index in [1.54, 1.807) is 4.90 Å². The Hall–Kier alpha value is -3.66. The smallest absolute Gasteiger partial charge is 0.254 e. The van der Waals surface area contributed by atoms with Crippen molar-refractivity contribution in [2.24, 2.45) is 0 Å². The number of ether oxygens (including phenoxy) is 1. The summed E-state index contributed by atoms with van der Waals surface area (Å²) in [5.41, 5.74) is 1.97. The second-order valence-electron chi connectivity index (χ2n) is 7.03. The van der Waals surface area contributed by atoms with Crippen molar-refractivity contribution >= 4 is 5.91 Å². The SMILES string of the molecule is CC.CC1Cn2nc(COc3ccccc3)cc2CN1C(=O)c1cc(F)cc(C#N)c1. The number of aromatic nitrogens is 2. The number of fused-ring (bicyclic) bond motifs is 1. The number of hydrogen-bond acceptors (Lipinski definition) is 4. The molecular weight excluding hydrogens is 395 g/mol. The lowest BCUT2D eigenvalue weighted by Gasteiger charge is -2.34. The van der Waals surface area contributed by atoms with Crippen molar-refractivity contribution in [2.45, 2.75) is 46.5 Å². The van der Waals surface area contributed by atoms with Crippen molar-refractivity contribution in [2.75, 3.05) is 0 Å². The van der Waals surface area contributed by atoms with Gasteiger partial charge in [-0.25, -0.2) is 4.39 Å². The summed E-state index contributed by atoms with van der Waals surface area (Å²) in [6.07, 6.45) is 0. The van der Waals surface area contributed by atoms with Crippen LogP contribution in [0.4, 0.5) is 4.39 Å². The molecule has 0 radical (unpaired) electrons. The average molecular weight is 420 g/mol. The summed E-state index contributed by atoms with van der Waals surface area (Å²) in [6.45, 7) is 7.15. The number of benzene rings is 2. The maximum Gasteiger partial charge on any atom is 0.254 e. The topological polar surface area (TPSA) is 71.2 Å². The molecule has 7 heteroatoms. The van der Waals surface area contributed by atoms with Gasteiger partial charge in [0.15, 0.2) is 0 Å². The fourth-order valence-electron chi connectivity index (χ4n) is 3.44. The van der Waals surface area contributed by atoms with Gasteiger partial charge in [0.25, 0.3) is 5.91 Å². The van der Waals surface area contributed by atoms with Crippen molar-refractivity contribution < 1.29 is 13.9 Å². The molecule has 0 spiro atoms. The standard InChI is InChI=1S/C22H19FN4O2.C2H6/c1-15-12-27-20(10-19(25-27)14-29-21-5-3-2-4-6-21)13-26(15)22(28)17-7-16(11-24)8-18(23)9-17;1-2/h2-10,15H,12-14H2,1H3;1-2H3. The molecule has 1 atom stereocenters. The fraction of sp³-hybridized carbons (Fsp3) is 0.292. The van der Waals surface area contributed by atoms with E-state index in [4.69, 9.17) is 10.00 Å². The van der Waals surface area contributed by atoms with Crippen LogP contribution >= 0.6 is 0 Å². The molecular formula is C24H25FN4O2. The van der Waals surface area contributed by atoms with Gasteiger partial charge in [0, 0.05) is 11.6 Å². The number of nitrogens with zero attached hydrogens (tertiary/aromatic N) is 4. The summed E-state index contributed by atoms with van der Waals surface area (Å²) in [6, 6.07) is 16.9. The first-order chi connectivity index (χ1) is 15.0. The lowest BCUT2D eigenvalue weighted by Crippen LogP contribution is -2.44. The number of rotatable bonds is 4. The van der Waals surface area contributed by atoms with Gasteiger partial charge < -0.3 is 9.64 Å². The largest absolute Gasteiger partial charge is 0.487 e. The van der Waals surface area contributed by atoms with E-state index in [-0.39, 0.29) is 23.1 Å². The lowest BCUT2D eigenvalue weighted by atomic mass is 10.1. The van der Waals surface area contributed by atoms with Gasteiger partial charge in [-0.2, -0.15) is 10.4 Å². The van der Waals surface area contributed by atoms with Crippen LogP contribution in [-0.4, -0.2) is 26.6 Å². The Bertz CT molecular complexity index is 1090.